The summed E-state index contributed by atoms with van der Waals surface area (Å²) >= 11 is 0. The number of benzene rings is 1. The fourth-order valence-electron chi connectivity index (χ4n) is 3.11. The van der Waals surface area contributed by atoms with E-state index in [9.17, 15) is 0 Å². The molecule has 5 rings (SSSR count). The summed E-state index contributed by atoms with van der Waals surface area (Å²) in [5, 5.41) is 0. The van der Waals surface area contributed by atoms with E-state index in [0.29, 0.717) is 0 Å². The van der Waals surface area contributed by atoms with Crippen molar-refractivity contribution in [2.45, 2.75) is 19.8 Å². The molecule has 2 heterocycles. The van der Waals surface area contributed by atoms with Crippen molar-refractivity contribution in [1.29, 1.82) is 0 Å². The Bertz CT molecular complexity index is 951. The Morgan fingerprint density at radius 3 is 2.52 bits per heavy atom. The van der Waals surface area contributed by atoms with E-state index in [4.69, 9.17) is 4.42 Å². The molecule has 2 aliphatic carbocycles. The van der Waals surface area contributed by atoms with Gasteiger partial charge >= 0.3 is 26.2 Å². The van der Waals surface area contributed by atoms with Gasteiger partial charge in [0.25, 0.3) is 0 Å². The molecule has 1 aromatic carbocycles. The molecule has 2 nitrogen and oxygen atoms in total. The second-order valence-electron chi connectivity index (χ2n) is 6.09. The first-order valence-electron chi connectivity index (χ1n) is 8.11. The van der Waals surface area contributed by atoms with E-state index in [1.54, 1.807) is 0 Å². The van der Waals surface area contributed by atoms with Gasteiger partial charge in [0.05, 0.1) is 11.5 Å². The maximum absolute atomic E-state index is 5.64. The van der Waals surface area contributed by atoms with Crippen LogP contribution < -0.4 is 24.8 Å². The van der Waals surface area contributed by atoms with E-state index in [1.165, 1.54) is 16.7 Å². The van der Waals surface area contributed by atoms with E-state index in [0.717, 1.165) is 22.9 Å². The standard InChI is InChI=1S/C14H11O.C8H7N.2ClH.Zr/c1-10-6-9-14(15-10)13-8-7-11-4-2-3-5-12(11)13;1-6-5-7-3-2-4-8(7)9-6;;;/h2-7,9,13H,1H3;2-5H,1H3;2*1H;/q-1;;;;+3/p-2. The molecule has 1 atom stereocenters. The van der Waals surface area contributed by atoms with Crippen molar-refractivity contribution < 1.29 is 55.4 Å². The summed E-state index contributed by atoms with van der Waals surface area (Å²) in [5.41, 5.74) is 6.02. The maximum atomic E-state index is 5.64. The Labute approximate surface area is 191 Å². The van der Waals surface area contributed by atoms with Crippen LogP contribution in [0.15, 0.2) is 81.4 Å². The van der Waals surface area contributed by atoms with Gasteiger partial charge in [-0.1, -0.05) is 30.4 Å². The Kier molecular flexibility index (Phi) is 8.95. The molecule has 0 N–H and O–H groups in total. The number of aliphatic imine (C=N–C) groups is 1. The number of fused-ring (bicyclic) bond motifs is 2. The van der Waals surface area contributed by atoms with Crippen molar-refractivity contribution in [3.05, 3.63) is 101 Å². The average Bonchev–Trinajstić information content (AvgIpc) is 3.30. The molecule has 135 valence electrons. The van der Waals surface area contributed by atoms with E-state index in [-0.39, 0.29) is 56.9 Å². The zero-order valence-corrected chi connectivity index (χ0v) is 19.0. The van der Waals surface area contributed by atoms with Crippen molar-refractivity contribution in [2.24, 2.45) is 4.99 Å². The van der Waals surface area contributed by atoms with Gasteiger partial charge < -0.3 is 29.2 Å². The molecule has 0 fully saturated rings. The predicted octanol–water partition coefficient (Wildman–Crippen LogP) is -0.604. The van der Waals surface area contributed by atoms with E-state index in [2.05, 4.69) is 41.4 Å². The molecule has 0 saturated heterocycles. The van der Waals surface area contributed by atoms with E-state index < -0.39 is 0 Å². The van der Waals surface area contributed by atoms with E-state index >= 15 is 0 Å². The number of furan rings is 1. The van der Waals surface area contributed by atoms with Crippen LogP contribution in [0.2, 0.25) is 0 Å². The zero-order valence-electron chi connectivity index (χ0n) is 15.0. The first kappa shape index (κ1) is 23.6. The summed E-state index contributed by atoms with van der Waals surface area (Å²) < 4.78 is 5.64. The van der Waals surface area contributed by atoms with Crippen LogP contribution in [0.25, 0.3) is 6.08 Å². The van der Waals surface area contributed by atoms with Crippen LogP contribution in [-0.4, -0.2) is 5.71 Å². The SMILES string of the molecule is CC1=NC2=CC=CC2=C1.Cc1ccc(C2[C-]=Cc3ccccc32)o1.[Cl-].[Cl-].[Zr+3]. The summed E-state index contributed by atoms with van der Waals surface area (Å²) in [6, 6.07) is 12.4. The summed E-state index contributed by atoms with van der Waals surface area (Å²) in [7, 11) is 0. The van der Waals surface area contributed by atoms with Crippen molar-refractivity contribution in [3.8, 4) is 0 Å². The molecule has 1 unspecified atom stereocenters. The molecule has 1 aromatic heterocycles. The topological polar surface area (TPSA) is 25.5 Å². The predicted molar refractivity (Wildman–Crippen MR) is 97.9 cm³/mol. The third-order valence-electron chi connectivity index (χ3n) is 4.25. The van der Waals surface area contributed by atoms with Gasteiger partial charge in [-0.25, -0.2) is 6.08 Å². The largest absolute Gasteiger partial charge is 3.00 e. The van der Waals surface area contributed by atoms with Crippen LogP contribution in [-0.2, 0) is 26.2 Å². The van der Waals surface area contributed by atoms with Gasteiger partial charge in [-0.15, -0.1) is 11.6 Å². The van der Waals surface area contributed by atoms with Crippen LogP contribution in [0.5, 0.6) is 0 Å². The summed E-state index contributed by atoms with van der Waals surface area (Å²) in [5.74, 6) is 2.11. The van der Waals surface area contributed by atoms with Gasteiger partial charge in [0.1, 0.15) is 5.76 Å². The first-order chi connectivity index (χ1) is 11.7. The van der Waals surface area contributed by atoms with Crippen molar-refractivity contribution in [3.63, 3.8) is 0 Å². The number of nitrogens with zero attached hydrogens (tertiary/aromatic N) is 1. The quantitative estimate of drug-likeness (QED) is 0.507. The Balaban J connectivity index is 0.000000266. The molecule has 0 spiro atoms. The van der Waals surface area contributed by atoms with Crippen LogP contribution in [0.1, 0.15) is 35.5 Å². The molecule has 0 bridgehead atoms. The summed E-state index contributed by atoms with van der Waals surface area (Å²) in [6.07, 6.45) is 13.6. The van der Waals surface area contributed by atoms with Gasteiger partial charge in [0.2, 0.25) is 0 Å². The van der Waals surface area contributed by atoms with Crippen molar-refractivity contribution in [2.75, 3.05) is 0 Å². The second kappa shape index (κ2) is 10.2. The van der Waals surface area contributed by atoms with Crippen molar-refractivity contribution >= 4 is 11.8 Å². The Morgan fingerprint density at radius 1 is 1.04 bits per heavy atom. The molecule has 1 aliphatic heterocycles. The third kappa shape index (κ3) is 5.10. The number of rotatable bonds is 1. The monoisotopic (exact) mass is 472 g/mol. The minimum absolute atomic E-state index is 0. The average molecular weight is 475 g/mol. The van der Waals surface area contributed by atoms with Gasteiger partial charge in [0.15, 0.2) is 0 Å². The fraction of sp³-hybridized carbons (Fsp3) is 0.136. The van der Waals surface area contributed by atoms with Gasteiger partial charge in [0, 0.05) is 11.3 Å². The number of hydrogen-bond acceptors (Lipinski definition) is 2. The molecule has 27 heavy (non-hydrogen) atoms. The van der Waals surface area contributed by atoms with Crippen LogP contribution in [0.4, 0.5) is 0 Å². The van der Waals surface area contributed by atoms with Crippen LogP contribution >= 0.6 is 0 Å². The summed E-state index contributed by atoms with van der Waals surface area (Å²) in [4.78, 5) is 4.27. The van der Waals surface area contributed by atoms with Gasteiger partial charge in [-0.2, -0.15) is 5.56 Å². The maximum Gasteiger partial charge on any atom is 3.00 e. The van der Waals surface area contributed by atoms with Crippen LogP contribution in [0, 0.1) is 13.0 Å². The smallest absolute Gasteiger partial charge is 1.00 e. The summed E-state index contributed by atoms with van der Waals surface area (Å²) in [6.45, 7) is 3.98. The first-order valence-corrected chi connectivity index (χ1v) is 8.11. The van der Waals surface area contributed by atoms with Crippen LogP contribution in [0.3, 0.4) is 0 Å². The fourth-order valence-corrected chi connectivity index (χ4v) is 3.11. The zero-order chi connectivity index (χ0) is 16.5. The second-order valence-corrected chi connectivity index (χ2v) is 6.09. The minimum Gasteiger partial charge on any atom is -1.00 e. The molecular weight excluding hydrogens is 456 g/mol. The van der Waals surface area contributed by atoms with Gasteiger partial charge in [-0.3, -0.25) is 11.1 Å². The number of halogens is 2. The molecule has 0 amide bonds. The van der Waals surface area contributed by atoms with E-state index in [1.807, 2.05) is 50.3 Å². The van der Waals surface area contributed by atoms with Gasteiger partial charge in [-0.05, 0) is 44.1 Å². The number of allylic oxidation sites excluding steroid dienone is 5. The number of aryl methyl sites for hydroxylation is 1. The normalized spacial score (nSPS) is 17.1. The molecule has 1 radical (unpaired) electrons. The molecule has 0 saturated carbocycles. The molecule has 3 aliphatic rings. The van der Waals surface area contributed by atoms with Crippen molar-refractivity contribution in [1.82, 2.24) is 0 Å². The number of hydrogen-bond donors (Lipinski definition) is 0. The molecule has 2 aromatic rings. The third-order valence-corrected chi connectivity index (χ3v) is 4.25. The Hall–Kier alpha value is -1.41. The minimum atomic E-state index is 0. The molecular formula is C22H18Cl2NOZr. The Morgan fingerprint density at radius 2 is 1.81 bits per heavy atom. The molecule has 5 heteroatoms.